The average Bonchev–Trinajstić information content (AvgIpc) is 3.26. The highest BCUT2D eigenvalue weighted by atomic mass is 32.1. The van der Waals surface area contributed by atoms with E-state index in [1.807, 2.05) is 42.5 Å². The second kappa shape index (κ2) is 7.12. The van der Waals surface area contributed by atoms with E-state index in [0.29, 0.717) is 6.54 Å². The Morgan fingerprint density at radius 1 is 1.20 bits per heavy atom. The van der Waals surface area contributed by atoms with Gasteiger partial charge in [0.25, 0.3) is 0 Å². The Morgan fingerprint density at radius 3 is 2.92 bits per heavy atom. The maximum absolute atomic E-state index is 12.6. The zero-order chi connectivity index (χ0) is 17.2. The molecular weight excluding hydrogens is 348 g/mol. The summed E-state index contributed by atoms with van der Waals surface area (Å²) in [6.07, 6.45) is 1.02. The summed E-state index contributed by atoms with van der Waals surface area (Å²) in [7, 11) is 0. The number of hydrogen-bond acceptors (Lipinski definition) is 4. The van der Waals surface area contributed by atoms with Gasteiger partial charge in [0.1, 0.15) is 0 Å². The number of carbonyl (C=O) groups is 1. The molecule has 0 bridgehead atoms. The Hall–Kier alpha value is -1.95. The zero-order valence-corrected chi connectivity index (χ0v) is 15.7. The molecule has 0 unspecified atom stereocenters. The second-order valence-corrected chi connectivity index (χ2v) is 8.34. The number of carbonyl (C=O) groups excluding carboxylic acids is 1. The van der Waals surface area contributed by atoms with Crippen LogP contribution in [-0.4, -0.2) is 23.9 Å². The van der Waals surface area contributed by atoms with Crippen LogP contribution < -0.4 is 5.32 Å². The molecule has 0 radical (unpaired) electrons. The third-order valence-corrected chi connectivity index (χ3v) is 6.45. The fourth-order valence-corrected chi connectivity index (χ4v) is 5.21. The minimum atomic E-state index is 0.0471. The van der Waals surface area contributed by atoms with Gasteiger partial charge in [-0.15, -0.1) is 22.7 Å². The lowest BCUT2D eigenvalue weighted by Crippen LogP contribution is -2.40. The van der Waals surface area contributed by atoms with Gasteiger partial charge in [-0.3, -0.25) is 9.69 Å². The van der Waals surface area contributed by atoms with Crippen molar-refractivity contribution in [1.82, 2.24) is 4.90 Å². The van der Waals surface area contributed by atoms with Crippen molar-refractivity contribution in [3.63, 3.8) is 0 Å². The van der Waals surface area contributed by atoms with Gasteiger partial charge in [-0.1, -0.05) is 18.2 Å². The highest BCUT2D eigenvalue weighted by Crippen LogP contribution is 2.39. The molecule has 0 spiro atoms. The predicted molar refractivity (Wildman–Crippen MR) is 106 cm³/mol. The van der Waals surface area contributed by atoms with Gasteiger partial charge in [0.15, 0.2) is 0 Å². The van der Waals surface area contributed by atoms with Crippen molar-refractivity contribution in [2.45, 2.75) is 19.4 Å². The number of hydrogen-bond donors (Lipinski definition) is 1. The summed E-state index contributed by atoms with van der Waals surface area (Å²) in [6, 6.07) is 14.6. The molecule has 0 fully saturated rings. The van der Waals surface area contributed by atoms with Crippen molar-refractivity contribution >= 4 is 34.3 Å². The van der Waals surface area contributed by atoms with E-state index in [2.05, 4.69) is 39.2 Å². The monoisotopic (exact) mass is 368 g/mol. The number of rotatable bonds is 4. The van der Waals surface area contributed by atoms with Crippen molar-refractivity contribution < 1.29 is 4.79 Å². The summed E-state index contributed by atoms with van der Waals surface area (Å²) < 4.78 is 0. The van der Waals surface area contributed by atoms with Crippen molar-refractivity contribution in [2.24, 2.45) is 0 Å². The topological polar surface area (TPSA) is 32.3 Å². The molecule has 5 heteroatoms. The summed E-state index contributed by atoms with van der Waals surface area (Å²) in [6.45, 7) is 3.36. The molecular formula is C20H20N2OS2. The average molecular weight is 369 g/mol. The van der Waals surface area contributed by atoms with Crippen molar-refractivity contribution in [2.75, 3.05) is 18.4 Å². The number of amides is 1. The first-order chi connectivity index (χ1) is 12.2. The molecule has 4 rings (SSSR count). The van der Waals surface area contributed by atoms with Crippen molar-refractivity contribution in [3.05, 3.63) is 74.1 Å². The first kappa shape index (κ1) is 16.5. The van der Waals surface area contributed by atoms with Crippen LogP contribution in [0.1, 0.15) is 26.9 Å². The van der Waals surface area contributed by atoms with E-state index in [0.717, 1.165) is 24.2 Å². The lowest BCUT2D eigenvalue weighted by atomic mass is 9.98. The van der Waals surface area contributed by atoms with Gasteiger partial charge in [0, 0.05) is 22.0 Å². The van der Waals surface area contributed by atoms with Crippen LogP contribution >= 0.6 is 22.7 Å². The highest BCUT2D eigenvalue weighted by Gasteiger charge is 2.31. The molecule has 1 aromatic carbocycles. The lowest BCUT2D eigenvalue weighted by Gasteiger charge is -2.34. The van der Waals surface area contributed by atoms with Crippen LogP contribution in [0.2, 0.25) is 0 Å². The molecule has 25 heavy (non-hydrogen) atoms. The first-order valence-electron chi connectivity index (χ1n) is 8.41. The standard InChI is InChI=1S/C20H20N2OS2/c1-14-4-2-5-15(12-14)21-19(23)13-22-9-7-17-16(8-11-25-17)20(22)18-6-3-10-24-18/h2-6,8,10-12,20H,7,9,13H2,1H3,(H,21,23)/t20-/m1/s1. The molecule has 0 saturated heterocycles. The Morgan fingerprint density at radius 2 is 2.12 bits per heavy atom. The summed E-state index contributed by atoms with van der Waals surface area (Å²) in [5, 5.41) is 7.32. The molecule has 1 atom stereocenters. The van der Waals surface area contributed by atoms with Gasteiger partial charge in [-0.25, -0.2) is 0 Å². The minimum Gasteiger partial charge on any atom is -0.325 e. The van der Waals surface area contributed by atoms with E-state index in [4.69, 9.17) is 0 Å². The molecule has 2 aromatic heterocycles. The molecule has 1 amide bonds. The molecule has 0 saturated carbocycles. The molecule has 1 aliphatic heterocycles. The van der Waals surface area contributed by atoms with E-state index in [9.17, 15) is 4.79 Å². The SMILES string of the molecule is Cc1cccc(NC(=O)CN2CCc3sccc3[C@@H]2c2cccs2)c1. The van der Waals surface area contributed by atoms with Crippen LogP contribution in [0.25, 0.3) is 0 Å². The van der Waals surface area contributed by atoms with Crippen LogP contribution in [0.15, 0.2) is 53.2 Å². The largest absolute Gasteiger partial charge is 0.325 e. The van der Waals surface area contributed by atoms with E-state index in [1.54, 1.807) is 11.3 Å². The van der Waals surface area contributed by atoms with Gasteiger partial charge >= 0.3 is 0 Å². The van der Waals surface area contributed by atoms with Crippen LogP contribution in [0.5, 0.6) is 0 Å². The smallest absolute Gasteiger partial charge is 0.238 e. The Labute approximate surface area is 155 Å². The molecule has 1 N–H and O–H groups in total. The number of aryl methyl sites for hydroxylation is 1. The zero-order valence-electron chi connectivity index (χ0n) is 14.1. The second-order valence-electron chi connectivity index (χ2n) is 6.36. The quantitative estimate of drug-likeness (QED) is 0.724. The summed E-state index contributed by atoms with van der Waals surface area (Å²) in [4.78, 5) is 17.7. The lowest BCUT2D eigenvalue weighted by molar-refractivity contribution is -0.117. The number of thiophene rings is 2. The third kappa shape index (κ3) is 3.54. The number of fused-ring (bicyclic) bond motifs is 1. The molecule has 3 aromatic rings. The fraction of sp³-hybridized carbons (Fsp3) is 0.250. The van der Waals surface area contributed by atoms with Crippen molar-refractivity contribution in [1.29, 1.82) is 0 Å². The maximum atomic E-state index is 12.6. The van der Waals surface area contributed by atoms with Crippen LogP contribution in [0.4, 0.5) is 5.69 Å². The Balaban J connectivity index is 1.54. The van der Waals surface area contributed by atoms with Gasteiger partial charge < -0.3 is 5.32 Å². The molecule has 128 valence electrons. The van der Waals surface area contributed by atoms with Crippen molar-refractivity contribution in [3.8, 4) is 0 Å². The first-order valence-corrected chi connectivity index (χ1v) is 10.2. The van der Waals surface area contributed by atoms with E-state index >= 15 is 0 Å². The predicted octanol–water partition coefficient (Wildman–Crippen LogP) is 4.70. The molecule has 0 aliphatic carbocycles. The summed E-state index contributed by atoms with van der Waals surface area (Å²) >= 11 is 3.59. The van der Waals surface area contributed by atoms with Crippen LogP contribution in [-0.2, 0) is 11.2 Å². The molecule has 1 aliphatic rings. The van der Waals surface area contributed by atoms with Crippen LogP contribution in [0, 0.1) is 6.92 Å². The van der Waals surface area contributed by atoms with Crippen LogP contribution in [0.3, 0.4) is 0 Å². The minimum absolute atomic E-state index is 0.0471. The van der Waals surface area contributed by atoms with E-state index in [-0.39, 0.29) is 11.9 Å². The number of nitrogens with zero attached hydrogens (tertiary/aromatic N) is 1. The normalized spacial score (nSPS) is 17.2. The highest BCUT2D eigenvalue weighted by molar-refractivity contribution is 7.10. The molecule has 3 heterocycles. The van der Waals surface area contributed by atoms with E-state index in [1.165, 1.54) is 15.3 Å². The maximum Gasteiger partial charge on any atom is 0.238 e. The summed E-state index contributed by atoms with van der Waals surface area (Å²) in [5.41, 5.74) is 3.38. The summed E-state index contributed by atoms with van der Waals surface area (Å²) in [5.74, 6) is 0.0471. The van der Waals surface area contributed by atoms with Gasteiger partial charge in [-0.05, 0) is 59.5 Å². The number of benzene rings is 1. The fourth-order valence-electron chi connectivity index (χ4n) is 3.43. The van der Waals surface area contributed by atoms with Gasteiger partial charge in [0.2, 0.25) is 5.91 Å². The van der Waals surface area contributed by atoms with Gasteiger partial charge in [0.05, 0.1) is 12.6 Å². The van der Waals surface area contributed by atoms with E-state index < -0.39 is 0 Å². The molecule has 3 nitrogen and oxygen atoms in total. The number of nitrogens with one attached hydrogen (secondary N) is 1. The Kier molecular flexibility index (Phi) is 4.70. The Bertz CT molecular complexity index is 869. The van der Waals surface area contributed by atoms with Gasteiger partial charge in [-0.2, -0.15) is 0 Å². The number of anilines is 1. The third-order valence-electron chi connectivity index (χ3n) is 4.53.